The van der Waals surface area contributed by atoms with Crippen molar-refractivity contribution in [3.8, 4) is 11.1 Å². The van der Waals surface area contributed by atoms with Crippen molar-refractivity contribution < 1.29 is 0 Å². The van der Waals surface area contributed by atoms with E-state index in [-0.39, 0.29) is 0 Å². The summed E-state index contributed by atoms with van der Waals surface area (Å²) in [6.45, 7) is 0. The minimum atomic E-state index is 1.16. The van der Waals surface area contributed by atoms with E-state index in [9.17, 15) is 0 Å². The molecule has 210 valence electrons. The van der Waals surface area contributed by atoms with Gasteiger partial charge in [-0.15, -0.1) is 0 Å². The van der Waals surface area contributed by atoms with Gasteiger partial charge in [-0.05, 0) is 68.1 Å². The first-order valence-electron chi connectivity index (χ1n) is 15.1. The van der Waals surface area contributed by atoms with E-state index in [1.165, 1.54) is 61.0 Å². The summed E-state index contributed by atoms with van der Waals surface area (Å²) in [4.78, 5) is 2.26. The molecule has 0 aromatic heterocycles. The summed E-state index contributed by atoms with van der Waals surface area (Å²) in [5, 5.41) is 2.50. The van der Waals surface area contributed by atoms with Crippen LogP contribution in [0, 0.1) is 0 Å². The second-order valence-corrected chi connectivity index (χ2v) is 11.0. The predicted octanol–water partition coefficient (Wildman–Crippen LogP) is 11.3. The van der Waals surface area contributed by atoms with Crippen molar-refractivity contribution >= 4 is 33.3 Å². The zero-order chi connectivity index (χ0) is 29.7. The van der Waals surface area contributed by atoms with Crippen LogP contribution in [0.15, 0.2) is 182 Å². The van der Waals surface area contributed by atoms with E-state index in [0.29, 0.717) is 0 Å². The molecule has 0 saturated heterocycles. The Hall–Kier alpha value is -5.66. The molecule has 0 N–H and O–H groups in total. The van der Waals surface area contributed by atoms with Gasteiger partial charge in [0.05, 0.1) is 0 Å². The first-order valence-corrected chi connectivity index (χ1v) is 15.1. The molecule has 0 amide bonds. The van der Waals surface area contributed by atoms with Crippen molar-refractivity contribution in [2.45, 2.75) is 0 Å². The van der Waals surface area contributed by atoms with Gasteiger partial charge in [0.2, 0.25) is 0 Å². The van der Waals surface area contributed by atoms with E-state index < -0.39 is 0 Å². The summed E-state index contributed by atoms with van der Waals surface area (Å²) in [5.74, 6) is 0. The van der Waals surface area contributed by atoms with Crippen LogP contribution in [0.4, 0.5) is 11.4 Å². The largest absolute Gasteiger partial charge is 0.344 e. The van der Waals surface area contributed by atoms with E-state index in [1.807, 2.05) is 0 Å². The fourth-order valence-electron chi connectivity index (χ4n) is 6.07. The quantitative estimate of drug-likeness (QED) is 0.174. The van der Waals surface area contributed by atoms with Gasteiger partial charge in [0, 0.05) is 23.8 Å². The van der Waals surface area contributed by atoms with Crippen LogP contribution in [0.25, 0.3) is 33.0 Å². The van der Waals surface area contributed by atoms with Crippen LogP contribution in [0.5, 0.6) is 0 Å². The molecule has 7 aromatic carbocycles. The summed E-state index contributed by atoms with van der Waals surface area (Å²) in [6, 6.07) is 65.1. The molecule has 0 unspecified atom stereocenters. The van der Waals surface area contributed by atoms with E-state index >= 15 is 0 Å². The van der Waals surface area contributed by atoms with Crippen LogP contribution < -0.4 is 4.90 Å². The molecule has 0 radical (unpaired) electrons. The maximum Gasteiger partial charge on any atom is 0.0487 e. The van der Waals surface area contributed by atoms with Crippen LogP contribution >= 0.6 is 0 Å². The van der Waals surface area contributed by atoms with Gasteiger partial charge in [0.1, 0.15) is 0 Å². The highest BCUT2D eigenvalue weighted by atomic mass is 15.1. The van der Waals surface area contributed by atoms with E-state index in [1.54, 1.807) is 0 Å². The monoisotopic (exact) mass is 563 g/mol. The lowest BCUT2D eigenvalue weighted by Gasteiger charge is -2.22. The van der Waals surface area contributed by atoms with Crippen LogP contribution in [-0.2, 0) is 0 Å². The van der Waals surface area contributed by atoms with Gasteiger partial charge in [-0.3, -0.25) is 0 Å². The Balaban J connectivity index is 1.26. The number of hydrogen-bond acceptors (Lipinski definition) is 1. The third-order valence-electron chi connectivity index (χ3n) is 8.33. The first kappa shape index (κ1) is 27.2. The zero-order valence-corrected chi connectivity index (χ0v) is 24.8. The molecule has 0 fully saturated rings. The first-order chi connectivity index (χ1) is 21.8. The molecule has 44 heavy (non-hydrogen) atoms. The number of nitrogens with zero attached hydrogens (tertiary/aromatic N) is 1. The van der Waals surface area contributed by atoms with Crippen molar-refractivity contribution in [3.05, 3.63) is 204 Å². The van der Waals surface area contributed by atoms with Crippen LogP contribution in [0.3, 0.4) is 0 Å². The molecule has 0 aliphatic rings. The van der Waals surface area contributed by atoms with Crippen LogP contribution in [0.1, 0.15) is 22.3 Å². The van der Waals surface area contributed by atoms with Gasteiger partial charge in [0.25, 0.3) is 0 Å². The smallest absolute Gasteiger partial charge is 0.0487 e. The molecule has 1 heteroatoms. The Kier molecular flexibility index (Phi) is 7.60. The maximum atomic E-state index is 2.26. The van der Waals surface area contributed by atoms with Crippen molar-refractivity contribution in [2.75, 3.05) is 11.9 Å². The molecule has 0 aliphatic carbocycles. The molecule has 7 rings (SSSR count). The average molecular weight is 564 g/mol. The number of hydrogen-bond donors (Lipinski definition) is 0. The summed E-state index contributed by atoms with van der Waals surface area (Å²) in [6.07, 6.45) is 0. The highest BCUT2D eigenvalue weighted by Crippen LogP contribution is 2.38. The lowest BCUT2D eigenvalue weighted by Crippen LogP contribution is -2.09. The molecule has 0 saturated carbocycles. The normalized spacial score (nSPS) is 10.8. The van der Waals surface area contributed by atoms with E-state index in [0.717, 1.165) is 5.69 Å². The molecule has 0 aliphatic heterocycles. The Morgan fingerprint density at radius 2 is 0.773 bits per heavy atom. The fourth-order valence-corrected chi connectivity index (χ4v) is 6.07. The molecule has 0 heterocycles. The third-order valence-corrected chi connectivity index (χ3v) is 8.33. The average Bonchev–Trinajstić information content (AvgIpc) is 3.11. The van der Waals surface area contributed by atoms with Crippen LogP contribution in [0.2, 0.25) is 0 Å². The number of rotatable bonds is 7. The Morgan fingerprint density at radius 1 is 0.364 bits per heavy atom. The fraction of sp³-hybridized carbons (Fsp3) is 0.0233. The minimum Gasteiger partial charge on any atom is -0.344 e. The van der Waals surface area contributed by atoms with Gasteiger partial charge >= 0.3 is 0 Å². The van der Waals surface area contributed by atoms with Crippen LogP contribution in [-0.4, -0.2) is 7.05 Å². The SMILES string of the molecule is CN(c1ccc(-c2ccc(C(=C(c3ccccc3)c3ccccc3)c3ccccc3)cc2)cc1)c1cccc2ccccc12. The van der Waals surface area contributed by atoms with Gasteiger partial charge < -0.3 is 4.90 Å². The molecular weight excluding hydrogens is 530 g/mol. The second kappa shape index (κ2) is 12.3. The van der Waals surface area contributed by atoms with Crippen molar-refractivity contribution in [2.24, 2.45) is 0 Å². The third kappa shape index (κ3) is 5.44. The molecule has 0 bridgehead atoms. The Bertz CT molecular complexity index is 1980. The van der Waals surface area contributed by atoms with Gasteiger partial charge in [-0.2, -0.15) is 0 Å². The summed E-state index contributed by atoms with van der Waals surface area (Å²) in [7, 11) is 2.14. The number of anilines is 2. The summed E-state index contributed by atoms with van der Waals surface area (Å²) >= 11 is 0. The minimum absolute atomic E-state index is 1.16. The molecule has 1 nitrogen and oxygen atoms in total. The van der Waals surface area contributed by atoms with Crippen molar-refractivity contribution in [3.63, 3.8) is 0 Å². The molecule has 7 aromatic rings. The Labute approximate surface area is 260 Å². The topological polar surface area (TPSA) is 3.24 Å². The predicted molar refractivity (Wildman–Crippen MR) is 188 cm³/mol. The maximum absolute atomic E-state index is 2.26. The highest BCUT2D eigenvalue weighted by Gasteiger charge is 2.16. The lowest BCUT2D eigenvalue weighted by atomic mass is 9.85. The molecular formula is C43H33N. The number of fused-ring (bicyclic) bond motifs is 1. The molecule has 0 spiro atoms. The van der Waals surface area contributed by atoms with Gasteiger partial charge in [-0.25, -0.2) is 0 Å². The van der Waals surface area contributed by atoms with Gasteiger partial charge in [-0.1, -0.05) is 164 Å². The van der Waals surface area contributed by atoms with E-state index in [2.05, 4.69) is 194 Å². The zero-order valence-electron chi connectivity index (χ0n) is 24.8. The lowest BCUT2D eigenvalue weighted by molar-refractivity contribution is 1.22. The van der Waals surface area contributed by atoms with Crippen molar-refractivity contribution in [1.82, 2.24) is 0 Å². The summed E-state index contributed by atoms with van der Waals surface area (Å²) in [5.41, 5.74) is 12.0. The number of benzene rings is 7. The summed E-state index contributed by atoms with van der Waals surface area (Å²) < 4.78 is 0. The second-order valence-electron chi connectivity index (χ2n) is 11.0. The Morgan fingerprint density at radius 3 is 1.30 bits per heavy atom. The standard InChI is InChI=1S/C43H33N/c1-44(41-23-13-21-34-14-11-12-22-40(34)41)39-30-28-33(29-31-39)32-24-26-38(27-25-32)43(37-19-9-4-10-20-37)42(35-15-5-2-6-16-35)36-17-7-3-8-18-36/h2-31H,1H3. The van der Waals surface area contributed by atoms with Crippen molar-refractivity contribution in [1.29, 1.82) is 0 Å². The van der Waals surface area contributed by atoms with Gasteiger partial charge in [0.15, 0.2) is 0 Å². The van der Waals surface area contributed by atoms with E-state index in [4.69, 9.17) is 0 Å². The highest BCUT2D eigenvalue weighted by molar-refractivity contribution is 6.04. The molecule has 0 atom stereocenters.